The Balaban J connectivity index is 2.68. The molecule has 0 bridgehead atoms. The van der Waals surface area contributed by atoms with Crippen LogP contribution in [0.25, 0.3) is 0 Å². The lowest BCUT2D eigenvalue weighted by molar-refractivity contribution is -0.150. The summed E-state index contributed by atoms with van der Waals surface area (Å²) in [6.45, 7) is 0. The van der Waals surface area contributed by atoms with Gasteiger partial charge in [-0.25, -0.2) is 4.79 Å². The van der Waals surface area contributed by atoms with Gasteiger partial charge in [0.25, 0.3) is 5.91 Å². The highest BCUT2D eigenvalue weighted by atomic mass is 16.4. The van der Waals surface area contributed by atoms with Gasteiger partial charge in [0.15, 0.2) is 0 Å². The van der Waals surface area contributed by atoms with Crippen LogP contribution in [0.1, 0.15) is 15.9 Å². The number of nitrogens with one attached hydrogen (secondary N) is 2. The number of hydrogen-bond acceptors (Lipinski definition) is 4. The SMILES string of the molecule is N#Cc1cccc(C(=O)NNC(=O)C(=O)O)c1. The molecule has 2 amide bonds. The van der Waals surface area contributed by atoms with Crippen molar-refractivity contribution >= 4 is 17.8 Å². The standard InChI is InChI=1S/C10H7N3O4/c11-5-6-2-1-3-7(4-6)8(14)12-13-9(15)10(16)17/h1-4H,(H,12,14)(H,13,15)(H,16,17). The van der Waals surface area contributed by atoms with Crippen molar-refractivity contribution < 1.29 is 19.5 Å². The van der Waals surface area contributed by atoms with Crippen molar-refractivity contribution in [1.82, 2.24) is 10.9 Å². The van der Waals surface area contributed by atoms with E-state index in [1.807, 2.05) is 11.5 Å². The number of carboxylic acid groups (broad SMARTS) is 1. The highest BCUT2D eigenvalue weighted by molar-refractivity contribution is 6.31. The van der Waals surface area contributed by atoms with Crippen LogP contribution in [0.2, 0.25) is 0 Å². The largest absolute Gasteiger partial charge is 0.474 e. The molecule has 0 saturated carbocycles. The Bertz CT molecular complexity index is 519. The van der Waals surface area contributed by atoms with Gasteiger partial charge in [0, 0.05) is 5.56 Å². The number of benzene rings is 1. The van der Waals surface area contributed by atoms with E-state index in [9.17, 15) is 14.4 Å². The monoisotopic (exact) mass is 233 g/mol. The number of hydrogen-bond donors (Lipinski definition) is 3. The van der Waals surface area contributed by atoms with Crippen LogP contribution in [0.15, 0.2) is 24.3 Å². The third-order valence-electron chi connectivity index (χ3n) is 1.74. The highest BCUT2D eigenvalue weighted by Crippen LogP contribution is 2.03. The molecule has 7 heteroatoms. The second-order valence-corrected chi connectivity index (χ2v) is 2.91. The molecule has 0 saturated heterocycles. The summed E-state index contributed by atoms with van der Waals surface area (Å²) in [5, 5.41) is 16.8. The average Bonchev–Trinajstić information content (AvgIpc) is 2.35. The van der Waals surface area contributed by atoms with E-state index < -0.39 is 17.8 Å². The molecule has 17 heavy (non-hydrogen) atoms. The van der Waals surface area contributed by atoms with Gasteiger partial charge in [0.2, 0.25) is 0 Å². The minimum atomic E-state index is -1.71. The lowest BCUT2D eigenvalue weighted by atomic mass is 10.1. The van der Waals surface area contributed by atoms with Gasteiger partial charge in [-0.2, -0.15) is 5.26 Å². The summed E-state index contributed by atoms with van der Waals surface area (Å²) in [5.74, 6) is -3.78. The maximum Gasteiger partial charge on any atom is 0.396 e. The van der Waals surface area contributed by atoms with Gasteiger partial charge in [0.05, 0.1) is 11.6 Å². The molecule has 0 aliphatic heterocycles. The molecule has 7 nitrogen and oxygen atoms in total. The van der Waals surface area contributed by atoms with Crippen LogP contribution in [-0.2, 0) is 9.59 Å². The van der Waals surface area contributed by atoms with E-state index in [2.05, 4.69) is 0 Å². The minimum Gasteiger partial charge on any atom is -0.474 e. The summed E-state index contributed by atoms with van der Waals surface area (Å²) in [6.07, 6.45) is 0. The van der Waals surface area contributed by atoms with Crippen molar-refractivity contribution in [3.63, 3.8) is 0 Å². The molecule has 0 aliphatic carbocycles. The predicted molar refractivity (Wildman–Crippen MR) is 54.4 cm³/mol. The van der Waals surface area contributed by atoms with Gasteiger partial charge in [0.1, 0.15) is 0 Å². The lowest BCUT2D eigenvalue weighted by Crippen LogP contribution is -2.44. The lowest BCUT2D eigenvalue weighted by Gasteiger charge is -2.04. The summed E-state index contributed by atoms with van der Waals surface area (Å²) < 4.78 is 0. The predicted octanol–water partition coefficient (Wildman–Crippen LogP) is -0.596. The Morgan fingerprint density at radius 3 is 2.53 bits per heavy atom. The number of nitrogens with zero attached hydrogens (tertiary/aromatic N) is 1. The molecule has 0 heterocycles. The molecule has 0 aromatic heterocycles. The molecule has 86 valence electrons. The molecule has 1 rings (SSSR count). The van der Waals surface area contributed by atoms with Gasteiger partial charge in [-0.15, -0.1) is 0 Å². The first-order valence-corrected chi connectivity index (χ1v) is 4.38. The van der Waals surface area contributed by atoms with E-state index in [0.717, 1.165) is 0 Å². The normalized spacial score (nSPS) is 8.88. The molecular formula is C10H7N3O4. The molecule has 0 unspecified atom stereocenters. The van der Waals surface area contributed by atoms with E-state index in [1.165, 1.54) is 24.3 Å². The van der Waals surface area contributed by atoms with Crippen molar-refractivity contribution in [3.8, 4) is 6.07 Å². The third kappa shape index (κ3) is 3.32. The molecule has 0 radical (unpaired) electrons. The van der Waals surface area contributed by atoms with Crippen LogP contribution >= 0.6 is 0 Å². The highest BCUT2D eigenvalue weighted by Gasteiger charge is 2.12. The molecule has 0 atom stereocenters. The first kappa shape index (κ1) is 12.2. The second-order valence-electron chi connectivity index (χ2n) is 2.91. The Morgan fingerprint density at radius 1 is 1.24 bits per heavy atom. The zero-order chi connectivity index (χ0) is 12.8. The van der Waals surface area contributed by atoms with Crippen LogP contribution in [0.3, 0.4) is 0 Å². The van der Waals surface area contributed by atoms with Gasteiger partial charge in [-0.05, 0) is 18.2 Å². The maximum atomic E-state index is 11.4. The number of nitriles is 1. The quantitative estimate of drug-likeness (QED) is 0.442. The minimum absolute atomic E-state index is 0.134. The smallest absolute Gasteiger partial charge is 0.396 e. The second kappa shape index (κ2) is 5.27. The summed E-state index contributed by atoms with van der Waals surface area (Å²) in [4.78, 5) is 32.2. The number of amides is 2. The third-order valence-corrected chi connectivity index (χ3v) is 1.74. The van der Waals surface area contributed by atoms with Crippen molar-refractivity contribution in [2.24, 2.45) is 0 Å². The first-order chi connectivity index (χ1) is 8.04. The van der Waals surface area contributed by atoms with Gasteiger partial charge < -0.3 is 5.11 Å². The number of hydrazine groups is 1. The Labute approximate surface area is 95.6 Å². The van der Waals surface area contributed by atoms with Crippen LogP contribution < -0.4 is 10.9 Å². The number of rotatable bonds is 1. The molecular weight excluding hydrogens is 226 g/mol. The average molecular weight is 233 g/mol. The van der Waals surface area contributed by atoms with Crippen molar-refractivity contribution in [3.05, 3.63) is 35.4 Å². The number of carboxylic acids is 1. The molecule has 0 aliphatic rings. The fourth-order valence-corrected chi connectivity index (χ4v) is 0.969. The fraction of sp³-hybridized carbons (Fsp3) is 0. The summed E-state index contributed by atoms with van der Waals surface area (Å²) in [5.41, 5.74) is 4.01. The number of carbonyl (C=O) groups excluding carboxylic acids is 2. The van der Waals surface area contributed by atoms with E-state index in [-0.39, 0.29) is 11.1 Å². The van der Waals surface area contributed by atoms with E-state index >= 15 is 0 Å². The van der Waals surface area contributed by atoms with Gasteiger partial charge in [-0.1, -0.05) is 6.07 Å². The number of aliphatic carboxylic acids is 1. The van der Waals surface area contributed by atoms with Crippen molar-refractivity contribution in [1.29, 1.82) is 5.26 Å². The Morgan fingerprint density at radius 2 is 1.94 bits per heavy atom. The fourth-order valence-electron chi connectivity index (χ4n) is 0.969. The topological polar surface area (TPSA) is 119 Å². The molecule has 1 aromatic carbocycles. The molecule has 0 fully saturated rings. The maximum absolute atomic E-state index is 11.4. The zero-order valence-electron chi connectivity index (χ0n) is 8.43. The summed E-state index contributed by atoms with van der Waals surface area (Å²) in [6, 6.07) is 7.57. The zero-order valence-corrected chi connectivity index (χ0v) is 8.43. The Hall–Kier alpha value is -2.88. The van der Waals surface area contributed by atoms with Gasteiger partial charge in [-0.3, -0.25) is 20.4 Å². The summed E-state index contributed by atoms with van der Waals surface area (Å²) in [7, 11) is 0. The van der Waals surface area contributed by atoms with Gasteiger partial charge >= 0.3 is 11.9 Å². The van der Waals surface area contributed by atoms with Crippen LogP contribution in [0.5, 0.6) is 0 Å². The van der Waals surface area contributed by atoms with E-state index in [4.69, 9.17) is 10.4 Å². The molecule has 3 N–H and O–H groups in total. The van der Waals surface area contributed by atoms with Crippen LogP contribution in [0, 0.1) is 11.3 Å². The van der Waals surface area contributed by atoms with Crippen molar-refractivity contribution in [2.45, 2.75) is 0 Å². The summed E-state index contributed by atoms with van der Waals surface area (Å²) >= 11 is 0. The van der Waals surface area contributed by atoms with E-state index in [1.54, 1.807) is 5.43 Å². The molecule has 1 aromatic rings. The number of carbonyl (C=O) groups is 3. The van der Waals surface area contributed by atoms with E-state index in [0.29, 0.717) is 0 Å². The van der Waals surface area contributed by atoms with Crippen LogP contribution in [-0.4, -0.2) is 22.9 Å². The van der Waals surface area contributed by atoms with Crippen LogP contribution in [0.4, 0.5) is 0 Å². The molecule has 0 spiro atoms. The van der Waals surface area contributed by atoms with Crippen molar-refractivity contribution in [2.75, 3.05) is 0 Å². The Kier molecular flexibility index (Phi) is 3.78. The first-order valence-electron chi connectivity index (χ1n) is 4.38.